The SMILES string of the molecule is COc1ccc(S(=O)(=O)N(CC(=O)NO)C(C)C)cc1. The van der Waals surface area contributed by atoms with Crippen molar-refractivity contribution < 1.29 is 23.2 Å². The molecule has 8 heteroatoms. The first-order valence-electron chi connectivity index (χ1n) is 5.91. The van der Waals surface area contributed by atoms with Gasteiger partial charge in [-0.15, -0.1) is 0 Å². The van der Waals surface area contributed by atoms with E-state index in [1.165, 1.54) is 36.9 Å². The zero-order chi connectivity index (χ0) is 15.3. The minimum absolute atomic E-state index is 0.0535. The number of amides is 1. The van der Waals surface area contributed by atoms with E-state index in [0.29, 0.717) is 5.75 Å². The minimum atomic E-state index is -3.82. The number of ether oxygens (including phenoxy) is 1. The van der Waals surface area contributed by atoms with Crippen molar-refractivity contribution in [2.45, 2.75) is 24.8 Å². The molecular formula is C12H18N2O5S. The number of methoxy groups -OCH3 is 1. The molecule has 0 saturated heterocycles. The van der Waals surface area contributed by atoms with Crippen LogP contribution in [0.3, 0.4) is 0 Å². The lowest BCUT2D eigenvalue weighted by Crippen LogP contribution is -2.43. The zero-order valence-electron chi connectivity index (χ0n) is 11.5. The summed E-state index contributed by atoms with van der Waals surface area (Å²) in [6.45, 7) is 2.83. The summed E-state index contributed by atoms with van der Waals surface area (Å²) in [6.07, 6.45) is 0. The third-order valence-corrected chi connectivity index (χ3v) is 4.70. The molecule has 1 aromatic rings. The second kappa shape index (κ2) is 6.69. The van der Waals surface area contributed by atoms with Gasteiger partial charge in [-0.1, -0.05) is 0 Å². The second-order valence-electron chi connectivity index (χ2n) is 4.35. The lowest BCUT2D eigenvalue weighted by atomic mass is 10.3. The van der Waals surface area contributed by atoms with Gasteiger partial charge in [0, 0.05) is 6.04 Å². The van der Waals surface area contributed by atoms with E-state index in [1.807, 2.05) is 0 Å². The van der Waals surface area contributed by atoms with Gasteiger partial charge in [-0.25, -0.2) is 13.9 Å². The Morgan fingerprint density at radius 2 is 1.90 bits per heavy atom. The summed E-state index contributed by atoms with van der Waals surface area (Å²) in [7, 11) is -2.34. The molecule has 0 bridgehead atoms. The average Bonchev–Trinajstić information content (AvgIpc) is 2.43. The van der Waals surface area contributed by atoms with Crippen LogP contribution in [-0.4, -0.2) is 43.5 Å². The summed E-state index contributed by atoms with van der Waals surface area (Å²) in [5.41, 5.74) is 1.43. The van der Waals surface area contributed by atoms with E-state index in [9.17, 15) is 13.2 Å². The molecule has 112 valence electrons. The number of rotatable bonds is 6. The lowest BCUT2D eigenvalue weighted by molar-refractivity contribution is -0.129. The molecule has 0 spiro atoms. The van der Waals surface area contributed by atoms with Crippen LogP contribution in [-0.2, 0) is 14.8 Å². The van der Waals surface area contributed by atoms with Gasteiger partial charge in [0.05, 0.1) is 18.6 Å². The fourth-order valence-electron chi connectivity index (χ4n) is 1.61. The number of nitrogens with one attached hydrogen (secondary N) is 1. The van der Waals surface area contributed by atoms with Gasteiger partial charge in [0.25, 0.3) is 5.91 Å². The Balaban J connectivity index is 3.11. The quantitative estimate of drug-likeness (QED) is 0.592. The molecule has 1 aromatic carbocycles. The van der Waals surface area contributed by atoms with Crippen LogP contribution in [0.25, 0.3) is 0 Å². The van der Waals surface area contributed by atoms with Gasteiger partial charge in [0.2, 0.25) is 10.0 Å². The lowest BCUT2D eigenvalue weighted by Gasteiger charge is -2.24. The Bertz CT molecular complexity index is 554. The fourth-order valence-corrected chi connectivity index (χ4v) is 3.20. The average molecular weight is 302 g/mol. The minimum Gasteiger partial charge on any atom is -0.497 e. The van der Waals surface area contributed by atoms with Gasteiger partial charge in [-0.2, -0.15) is 4.31 Å². The van der Waals surface area contributed by atoms with Crippen molar-refractivity contribution >= 4 is 15.9 Å². The number of hydroxylamine groups is 1. The smallest absolute Gasteiger partial charge is 0.258 e. The standard InChI is InChI=1S/C12H18N2O5S/c1-9(2)14(8-12(15)13-16)20(17,18)11-6-4-10(19-3)5-7-11/h4-7,9,16H,8H2,1-3H3,(H,13,15). The highest BCUT2D eigenvalue weighted by Crippen LogP contribution is 2.20. The molecule has 0 aromatic heterocycles. The van der Waals surface area contributed by atoms with Crippen LogP contribution >= 0.6 is 0 Å². The van der Waals surface area contributed by atoms with Gasteiger partial charge >= 0.3 is 0 Å². The predicted octanol–water partition coefficient (Wildman–Crippen LogP) is 0.600. The van der Waals surface area contributed by atoms with Crippen molar-refractivity contribution in [3.8, 4) is 5.75 Å². The zero-order valence-corrected chi connectivity index (χ0v) is 12.3. The van der Waals surface area contributed by atoms with E-state index < -0.39 is 28.5 Å². The molecular weight excluding hydrogens is 284 g/mol. The highest BCUT2D eigenvalue weighted by Gasteiger charge is 2.28. The van der Waals surface area contributed by atoms with E-state index in [-0.39, 0.29) is 4.90 Å². The van der Waals surface area contributed by atoms with E-state index in [1.54, 1.807) is 13.8 Å². The summed E-state index contributed by atoms with van der Waals surface area (Å²) in [5.74, 6) is -0.260. The van der Waals surface area contributed by atoms with E-state index in [2.05, 4.69) is 0 Å². The molecule has 0 atom stereocenters. The van der Waals surface area contributed by atoms with Crippen molar-refractivity contribution in [2.24, 2.45) is 0 Å². The van der Waals surface area contributed by atoms with Crippen LogP contribution in [0.4, 0.5) is 0 Å². The predicted molar refractivity (Wildman–Crippen MR) is 72.0 cm³/mol. The first-order chi connectivity index (χ1) is 9.32. The molecule has 0 radical (unpaired) electrons. The van der Waals surface area contributed by atoms with Crippen molar-refractivity contribution in [2.75, 3.05) is 13.7 Å². The van der Waals surface area contributed by atoms with Gasteiger partial charge in [0.15, 0.2) is 0 Å². The van der Waals surface area contributed by atoms with Gasteiger partial charge in [-0.05, 0) is 38.1 Å². The number of carbonyl (C=O) groups excluding carboxylic acids is 1. The van der Waals surface area contributed by atoms with Crippen LogP contribution in [0, 0.1) is 0 Å². The number of carbonyl (C=O) groups is 1. The first kappa shape index (κ1) is 16.4. The monoisotopic (exact) mass is 302 g/mol. The first-order valence-corrected chi connectivity index (χ1v) is 7.35. The van der Waals surface area contributed by atoms with Crippen LogP contribution in [0.15, 0.2) is 29.2 Å². The number of sulfonamides is 1. The van der Waals surface area contributed by atoms with Crippen LogP contribution < -0.4 is 10.2 Å². The number of hydrogen-bond acceptors (Lipinski definition) is 5. The van der Waals surface area contributed by atoms with Crippen molar-refractivity contribution in [3.63, 3.8) is 0 Å². The highest BCUT2D eigenvalue weighted by molar-refractivity contribution is 7.89. The summed E-state index contributed by atoms with van der Waals surface area (Å²) in [6, 6.07) is 5.43. The Labute approximate surface area is 118 Å². The molecule has 0 aliphatic rings. The Morgan fingerprint density at radius 3 is 2.30 bits per heavy atom. The number of benzene rings is 1. The van der Waals surface area contributed by atoms with Gasteiger partial charge < -0.3 is 4.74 Å². The molecule has 0 aliphatic carbocycles. The fraction of sp³-hybridized carbons (Fsp3) is 0.417. The number of hydrogen-bond donors (Lipinski definition) is 2. The molecule has 0 fully saturated rings. The van der Waals surface area contributed by atoms with E-state index >= 15 is 0 Å². The Kier molecular flexibility index (Phi) is 5.49. The molecule has 20 heavy (non-hydrogen) atoms. The number of nitrogens with zero attached hydrogens (tertiary/aromatic N) is 1. The maximum atomic E-state index is 12.4. The topological polar surface area (TPSA) is 95.9 Å². The molecule has 1 amide bonds. The third kappa shape index (κ3) is 3.69. The highest BCUT2D eigenvalue weighted by atomic mass is 32.2. The van der Waals surface area contributed by atoms with Crippen molar-refractivity contribution in [3.05, 3.63) is 24.3 Å². The normalized spacial score (nSPS) is 11.7. The van der Waals surface area contributed by atoms with Gasteiger partial charge in [0.1, 0.15) is 5.75 Å². The molecule has 0 saturated carbocycles. The molecule has 0 unspecified atom stereocenters. The molecule has 1 rings (SSSR count). The summed E-state index contributed by atoms with van der Waals surface area (Å²) >= 11 is 0. The molecule has 0 aliphatic heterocycles. The maximum absolute atomic E-state index is 12.4. The molecule has 7 nitrogen and oxygen atoms in total. The van der Waals surface area contributed by atoms with E-state index in [0.717, 1.165) is 4.31 Å². The largest absolute Gasteiger partial charge is 0.497 e. The molecule has 2 N–H and O–H groups in total. The third-order valence-electron chi connectivity index (χ3n) is 2.67. The van der Waals surface area contributed by atoms with Gasteiger partial charge in [-0.3, -0.25) is 10.0 Å². The van der Waals surface area contributed by atoms with Crippen LogP contribution in [0.5, 0.6) is 5.75 Å². The van der Waals surface area contributed by atoms with Crippen molar-refractivity contribution in [1.29, 1.82) is 0 Å². The summed E-state index contributed by atoms with van der Waals surface area (Å²) < 4.78 is 30.9. The van der Waals surface area contributed by atoms with Crippen LogP contribution in [0.2, 0.25) is 0 Å². The Morgan fingerprint density at radius 1 is 1.35 bits per heavy atom. The summed E-state index contributed by atoms with van der Waals surface area (Å²) in [4.78, 5) is 11.3. The van der Waals surface area contributed by atoms with Crippen molar-refractivity contribution in [1.82, 2.24) is 9.79 Å². The Hall–Kier alpha value is -1.64. The second-order valence-corrected chi connectivity index (χ2v) is 6.25. The summed E-state index contributed by atoms with van der Waals surface area (Å²) in [5, 5.41) is 8.53. The molecule has 0 heterocycles. The maximum Gasteiger partial charge on any atom is 0.258 e. The van der Waals surface area contributed by atoms with E-state index in [4.69, 9.17) is 9.94 Å². The van der Waals surface area contributed by atoms with Crippen LogP contribution in [0.1, 0.15) is 13.8 Å².